The minimum absolute atomic E-state index is 0.131. The predicted molar refractivity (Wildman–Crippen MR) is 133 cm³/mol. The molecule has 10 heteroatoms. The molecule has 4 amide bonds. The van der Waals surface area contributed by atoms with E-state index in [1.165, 1.54) is 55.5 Å². The molecule has 0 radical (unpaired) electrons. The molecule has 0 unspecified atom stereocenters. The van der Waals surface area contributed by atoms with Gasteiger partial charge in [-0.15, -0.1) is 0 Å². The highest BCUT2D eigenvalue weighted by Gasteiger charge is 2.46. The number of carbonyl (C=O) groups is 3. The summed E-state index contributed by atoms with van der Waals surface area (Å²) in [6.45, 7) is 0.131. The maximum absolute atomic E-state index is 13.5. The molecule has 1 fully saturated rings. The minimum atomic E-state index is -1.09. The molecule has 4 rings (SSSR count). The fourth-order valence-electron chi connectivity index (χ4n) is 4.12. The summed E-state index contributed by atoms with van der Waals surface area (Å²) >= 11 is 0. The lowest BCUT2D eigenvalue weighted by Gasteiger charge is -2.22. The number of ether oxygens (including phenoxy) is 2. The van der Waals surface area contributed by atoms with Crippen LogP contribution in [0.25, 0.3) is 0 Å². The lowest BCUT2D eigenvalue weighted by Crippen LogP contribution is -2.39. The Bertz CT molecular complexity index is 1300. The number of benzene rings is 3. The summed E-state index contributed by atoms with van der Waals surface area (Å²) in [6.07, 6.45) is 0.0539. The van der Waals surface area contributed by atoms with E-state index in [0.29, 0.717) is 23.6 Å². The molecule has 1 aliphatic heterocycles. The Labute approximate surface area is 212 Å². The van der Waals surface area contributed by atoms with Crippen molar-refractivity contribution in [3.8, 4) is 11.5 Å². The minimum Gasteiger partial charge on any atom is -0.493 e. The SMILES string of the molecule is COc1ccc(CCN2C(=O)N(c3ccc(F)cc3)C(=O)[C@H]2CC(=O)Nc2ccc(F)cc2)cc1OC. The van der Waals surface area contributed by atoms with Gasteiger partial charge in [-0.05, 0) is 72.6 Å². The van der Waals surface area contributed by atoms with Gasteiger partial charge in [0.15, 0.2) is 11.5 Å². The third kappa shape index (κ3) is 5.69. The molecule has 1 heterocycles. The number of amides is 4. The van der Waals surface area contributed by atoms with Gasteiger partial charge in [0.25, 0.3) is 5.91 Å². The van der Waals surface area contributed by atoms with Crippen molar-refractivity contribution in [2.75, 3.05) is 31.0 Å². The first-order valence-corrected chi connectivity index (χ1v) is 11.5. The third-order valence-corrected chi connectivity index (χ3v) is 6.00. The zero-order valence-corrected chi connectivity index (χ0v) is 20.2. The number of anilines is 2. The van der Waals surface area contributed by atoms with Crippen LogP contribution in [0.3, 0.4) is 0 Å². The number of hydrogen-bond acceptors (Lipinski definition) is 5. The van der Waals surface area contributed by atoms with Gasteiger partial charge in [0.2, 0.25) is 5.91 Å². The maximum atomic E-state index is 13.5. The van der Waals surface area contributed by atoms with E-state index >= 15 is 0 Å². The molecular formula is C27H25F2N3O5. The molecule has 3 aromatic rings. The van der Waals surface area contributed by atoms with Crippen molar-refractivity contribution in [1.29, 1.82) is 0 Å². The number of rotatable bonds is 9. The summed E-state index contributed by atoms with van der Waals surface area (Å²) in [4.78, 5) is 41.7. The van der Waals surface area contributed by atoms with Crippen LogP contribution >= 0.6 is 0 Å². The van der Waals surface area contributed by atoms with Crippen LogP contribution in [-0.2, 0) is 16.0 Å². The van der Waals surface area contributed by atoms with Crippen molar-refractivity contribution in [2.24, 2.45) is 0 Å². The average molecular weight is 510 g/mol. The highest BCUT2D eigenvalue weighted by atomic mass is 19.1. The predicted octanol–water partition coefficient (Wildman–Crippen LogP) is 4.39. The Balaban J connectivity index is 1.56. The molecule has 8 nitrogen and oxygen atoms in total. The molecule has 0 bridgehead atoms. The highest BCUT2D eigenvalue weighted by Crippen LogP contribution is 2.30. The fourth-order valence-corrected chi connectivity index (χ4v) is 4.12. The van der Waals surface area contributed by atoms with Gasteiger partial charge in [0.05, 0.1) is 26.3 Å². The van der Waals surface area contributed by atoms with E-state index < -0.39 is 35.5 Å². The molecule has 0 aromatic heterocycles. The quantitative estimate of drug-likeness (QED) is 0.433. The number of hydrogen-bond donors (Lipinski definition) is 1. The van der Waals surface area contributed by atoms with Crippen LogP contribution in [0.2, 0.25) is 0 Å². The summed E-state index contributed by atoms with van der Waals surface area (Å²) in [5.41, 5.74) is 1.39. The summed E-state index contributed by atoms with van der Waals surface area (Å²) in [7, 11) is 3.04. The Morgan fingerprint density at radius 3 is 2.14 bits per heavy atom. The topological polar surface area (TPSA) is 88.2 Å². The van der Waals surface area contributed by atoms with Gasteiger partial charge in [-0.3, -0.25) is 9.59 Å². The molecule has 1 N–H and O–H groups in total. The van der Waals surface area contributed by atoms with E-state index in [1.807, 2.05) is 6.07 Å². The molecule has 1 aliphatic rings. The fraction of sp³-hybridized carbons (Fsp3) is 0.222. The molecule has 192 valence electrons. The van der Waals surface area contributed by atoms with Crippen LogP contribution < -0.4 is 19.7 Å². The van der Waals surface area contributed by atoms with E-state index in [9.17, 15) is 23.2 Å². The monoisotopic (exact) mass is 509 g/mol. The van der Waals surface area contributed by atoms with E-state index in [0.717, 1.165) is 22.6 Å². The largest absolute Gasteiger partial charge is 0.493 e. The molecule has 1 atom stereocenters. The zero-order chi connectivity index (χ0) is 26.5. The average Bonchev–Trinajstić information content (AvgIpc) is 3.12. The van der Waals surface area contributed by atoms with Crippen molar-refractivity contribution in [3.63, 3.8) is 0 Å². The van der Waals surface area contributed by atoms with E-state index in [1.54, 1.807) is 12.1 Å². The first kappa shape index (κ1) is 25.6. The number of halogens is 2. The molecule has 1 saturated heterocycles. The Morgan fingerprint density at radius 1 is 0.892 bits per heavy atom. The first-order chi connectivity index (χ1) is 17.8. The van der Waals surface area contributed by atoms with E-state index in [4.69, 9.17) is 9.47 Å². The van der Waals surface area contributed by atoms with Crippen LogP contribution in [0.1, 0.15) is 12.0 Å². The van der Waals surface area contributed by atoms with Crippen LogP contribution in [-0.4, -0.2) is 49.6 Å². The second kappa shape index (κ2) is 11.1. The summed E-state index contributed by atoms with van der Waals surface area (Å²) in [6, 6.07) is 13.8. The van der Waals surface area contributed by atoms with Crippen molar-refractivity contribution >= 4 is 29.2 Å². The second-order valence-electron chi connectivity index (χ2n) is 8.34. The van der Waals surface area contributed by atoms with Crippen molar-refractivity contribution in [1.82, 2.24) is 4.90 Å². The van der Waals surface area contributed by atoms with Crippen molar-refractivity contribution in [2.45, 2.75) is 18.9 Å². The zero-order valence-electron chi connectivity index (χ0n) is 20.2. The number of methoxy groups -OCH3 is 2. The summed E-state index contributed by atoms with van der Waals surface area (Å²) in [5.74, 6) is -1.01. The second-order valence-corrected chi connectivity index (χ2v) is 8.34. The molecule has 3 aromatic carbocycles. The van der Waals surface area contributed by atoms with E-state index in [2.05, 4.69) is 5.32 Å². The van der Waals surface area contributed by atoms with Crippen molar-refractivity contribution < 1.29 is 32.6 Å². The van der Waals surface area contributed by atoms with Gasteiger partial charge in [-0.1, -0.05) is 6.07 Å². The number of nitrogens with one attached hydrogen (secondary N) is 1. The van der Waals surface area contributed by atoms with Crippen LogP contribution in [0.5, 0.6) is 11.5 Å². The standard InChI is InChI=1S/C27H25F2N3O5/c1-36-23-12-3-17(15-24(23)37-2)13-14-31-22(16-25(33)30-20-8-4-18(28)5-9-20)26(34)32(27(31)35)21-10-6-19(29)7-11-21/h3-12,15,22H,13-14,16H2,1-2H3,(H,30,33)/t22-/m1/s1. The Kier molecular flexibility index (Phi) is 7.66. The summed E-state index contributed by atoms with van der Waals surface area (Å²) in [5, 5.41) is 2.62. The number of nitrogens with zero attached hydrogens (tertiary/aromatic N) is 2. The lowest BCUT2D eigenvalue weighted by atomic mass is 10.1. The molecular weight excluding hydrogens is 484 g/mol. The van der Waals surface area contributed by atoms with Gasteiger partial charge in [0.1, 0.15) is 17.7 Å². The normalized spacial score (nSPS) is 15.2. The lowest BCUT2D eigenvalue weighted by molar-refractivity contribution is -0.124. The number of imide groups is 1. The smallest absolute Gasteiger partial charge is 0.332 e. The van der Waals surface area contributed by atoms with E-state index in [-0.39, 0.29) is 18.7 Å². The molecule has 0 saturated carbocycles. The third-order valence-electron chi connectivity index (χ3n) is 6.00. The van der Waals surface area contributed by atoms with Crippen LogP contribution in [0, 0.1) is 11.6 Å². The number of urea groups is 1. The molecule has 0 spiro atoms. The Hall–Kier alpha value is -4.47. The molecule has 37 heavy (non-hydrogen) atoms. The van der Waals surface area contributed by atoms with Crippen LogP contribution in [0.15, 0.2) is 66.7 Å². The van der Waals surface area contributed by atoms with Crippen molar-refractivity contribution in [3.05, 3.63) is 83.9 Å². The van der Waals surface area contributed by atoms with Gasteiger partial charge in [-0.25, -0.2) is 18.5 Å². The van der Waals surface area contributed by atoms with Gasteiger partial charge in [0, 0.05) is 12.2 Å². The first-order valence-electron chi connectivity index (χ1n) is 11.5. The van der Waals surface area contributed by atoms with Gasteiger partial charge >= 0.3 is 6.03 Å². The number of carbonyl (C=O) groups excluding carboxylic acids is 3. The Morgan fingerprint density at radius 2 is 1.51 bits per heavy atom. The maximum Gasteiger partial charge on any atom is 0.332 e. The molecule has 0 aliphatic carbocycles. The summed E-state index contributed by atoms with van der Waals surface area (Å²) < 4.78 is 37.2. The highest BCUT2D eigenvalue weighted by molar-refractivity contribution is 6.22. The van der Waals surface area contributed by atoms with Gasteiger partial charge < -0.3 is 19.7 Å². The van der Waals surface area contributed by atoms with Crippen LogP contribution in [0.4, 0.5) is 25.0 Å². The van der Waals surface area contributed by atoms with Gasteiger partial charge in [-0.2, -0.15) is 0 Å².